The Morgan fingerprint density at radius 2 is 1.12 bits per heavy atom. The molecule has 0 radical (unpaired) electrons. The van der Waals surface area contributed by atoms with Gasteiger partial charge >= 0.3 is 10.4 Å². The fourth-order valence-electron chi connectivity index (χ4n) is 0. The van der Waals surface area contributed by atoms with E-state index in [4.69, 9.17) is 17.5 Å². The summed E-state index contributed by atoms with van der Waals surface area (Å²) in [4.78, 5) is 0. The SMILES string of the molecule is O=S(=O)(O)O.o1oo1. The van der Waals surface area contributed by atoms with Crippen LogP contribution in [0.2, 0.25) is 0 Å². The van der Waals surface area contributed by atoms with Crippen molar-refractivity contribution in [1.82, 2.24) is 0 Å². The third-order valence-electron chi connectivity index (χ3n) is 0.0680. The van der Waals surface area contributed by atoms with Gasteiger partial charge in [0.15, 0.2) is 0 Å². The van der Waals surface area contributed by atoms with Crippen LogP contribution in [0.1, 0.15) is 0 Å². The third-order valence-corrected chi connectivity index (χ3v) is 0.0680. The molecule has 1 aromatic heterocycles. The van der Waals surface area contributed by atoms with Crippen molar-refractivity contribution in [3.8, 4) is 0 Å². The summed E-state index contributed by atoms with van der Waals surface area (Å²) < 4.78 is 42.1. The lowest BCUT2D eigenvalue weighted by Gasteiger charge is -1.68. The van der Waals surface area contributed by atoms with Crippen LogP contribution in [0.4, 0.5) is 0 Å². The van der Waals surface area contributed by atoms with Crippen LogP contribution in [0.25, 0.3) is 0 Å². The first kappa shape index (κ1) is 7.27. The van der Waals surface area contributed by atoms with E-state index in [1.165, 1.54) is 0 Å². The highest BCUT2D eigenvalue weighted by Gasteiger charge is 1.84. The van der Waals surface area contributed by atoms with Crippen molar-refractivity contribution in [1.29, 1.82) is 0 Å². The fraction of sp³-hybridized carbons (Fsp3) is 0. The van der Waals surface area contributed by atoms with Crippen molar-refractivity contribution >= 4 is 10.4 Å². The Morgan fingerprint density at radius 1 is 1.00 bits per heavy atom. The largest absolute Gasteiger partial charge is 0.394 e. The zero-order valence-electron chi connectivity index (χ0n) is 3.34. The molecule has 8 heavy (non-hydrogen) atoms. The summed E-state index contributed by atoms with van der Waals surface area (Å²) in [6.45, 7) is 0. The summed E-state index contributed by atoms with van der Waals surface area (Å²) in [7, 11) is -4.67. The monoisotopic (exact) mass is 146 g/mol. The number of hydrogen-bond donors (Lipinski definition) is 2. The molecule has 7 nitrogen and oxygen atoms in total. The minimum Gasteiger partial charge on any atom is -0.264 e. The average molecular weight is 146 g/mol. The Morgan fingerprint density at radius 3 is 1.12 bits per heavy atom. The van der Waals surface area contributed by atoms with Crippen molar-refractivity contribution in [3.05, 3.63) is 0 Å². The first-order chi connectivity index (χ1) is 3.50. The second-order valence-electron chi connectivity index (χ2n) is 0.652. The Labute approximate surface area is 43.2 Å². The molecular formula is H2O7S. The molecule has 1 aromatic rings. The van der Waals surface area contributed by atoms with Gasteiger partial charge in [0.2, 0.25) is 0 Å². The Bertz CT molecular complexity index is 158. The zero-order chi connectivity index (χ0) is 6.62. The Hall–Kier alpha value is -0.730. The molecule has 0 amide bonds. The highest BCUT2D eigenvalue weighted by Crippen LogP contribution is 1.79. The van der Waals surface area contributed by atoms with Gasteiger partial charge in [-0.15, -0.1) is 0 Å². The van der Waals surface area contributed by atoms with E-state index in [-0.39, 0.29) is 0 Å². The third kappa shape index (κ3) is 1320. The van der Waals surface area contributed by atoms with Gasteiger partial charge in [-0.25, -0.2) is 0 Å². The maximum absolute atomic E-state index is 8.74. The Balaban J connectivity index is 0.000000135. The summed E-state index contributed by atoms with van der Waals surface area (Å²) in [5, 5.41) is 0. The van der Waals surface area contributed by atoms with Gasteiger partial charge < -0.3 is 0 Å². The molecule has 0 fully saturated rings. The summed E-state index contributed by atoms with van der Waals surface area (Å²) in [5.41, 5.74) is 0. The first-order valence-corrected chi connectivity index (χ1v) is 2.60. The van der Waals surface area contributed by atoms with E-state index < -0.39 is 10.4 Å². The molecule has 50 valence electrons. The quantitative estimate of drug-likeness (QED) is 0.385. The van der Waals surface area contributed by atoms with Gasteiger partial charge in [-0.1, -0.05) is 0 Å². The van der Waals surface area contributed by atoms with Gasteiger partial charge in [0.25, 0.3) is 0 Å². The molecule has 0 atom stereocenters. The molecular weight excluding hydrogens is 144 g/mol. The molecule has 0 spiro atoms. The molecule has 0 aliphatic rings. The van der Waals surface area contributed by atoms with E-state index in [0.717, 1.165) is 0 Å². The lowest BCUT2D eigenvalue weighted by Crippen LogP contribution is -1.89. The van der Waals surface area contributed by atoms with Crippen molar-refractivity contribution in [2.75, 3.05) is 0 Å². The predicted octanol–water partition coefficient (Wildman–Crippen LogP) is -0.187. The van der Waals surface area contributed by atoms with Crippen LogP contribution in [0.3, 0.4) is 0 Å². The maximum atomic E-state index is 8.74. The lowest BCUT2D eigenvalue weighted by molar-refractivity contribution is 0.264. The molecule has 0 aliphatic carbocycles. The van der Waals surface area contributed by atoms with Crippen molar-refractivity contribution in [2.45, 2.75) is 0 Å². The Kier molecular flexibility index (Phi) is 2.31. The molecule has 0 aliphatic heterocycles. The average Bonchev–Trinajstić information content (AvgIpc) is 1.95. The van der Waals surface area contributed by atoms with Crippen molar-refractivity contribution < 1.29 is 31.7 Å². The van der Waals surface area contributed by atoms with Crippen LogP contribution in [0, 0.1) is 0 Å². The van der Waals surface area contributed by atoms with Gasteiger partial charge in [-0.2, -0.15) is 8.42 Å². The molecule has 0 saturated heterocycles. The highest BCUT2D eigenvalue weighted by atomic mass is 32.3. The zero-order valence-corrected chi connectivity index (χ0v) is 4.16. The van der Waals surface area contributed by atoms with Crippen molar-refractivity contribution in [2.24, 2.45) is 0 Å². The standard InChI is InChI=1S/H2O4S.O3/c1-5(2,3)4;1-2-3-1/h(H2,1,2,3,4);. The second kappa shape index (κ2) is 2.55. The molecule has 0 saturated carbocycles. The minimum absolute atomic E-state index is 3.50. The normalized spacial score (nSPS) is 10.2. The van der Waals surface area contributed by atoms with E-state index in [0.29, 0.717) is 0 Å². The van der Waals surface area contributed by atoms with Crippen LogP contribution in [0.15, 0.2) is 14.2 Å². The molecule has 0 bridgehead atoms. The van der Waals surface area contributed by atoms with E-state index in [2.05, 4.69) is 14.2 Å². The molecule has 8 heteroatoms. The van der Waals surface area contributed by atoms with Crippen molar-refractivity contribution in [3.63, 3.8) is 0 Å². The topological polar surface area (TPSA) is 114 Å². The maximum Gasteiger partial charge on any atom is 0.394 e. The first-order valence-electron chi connectivity index (χ1n) is 1.20. The van der Waals surface area contributed by atoms with E-state index in [1.807, 2.05) is 0 Å². The number of hydrogen-bond acceptors (Lipinski definition) is 5. The molecule has 0 aromatic carbocycles. The van der Waals surface area contributed by atoms with E-state index in [9.17, 15) is 0 Å². The fourth-order valence-corrected chi connectivity index (χ4v) is 0. The van der Waals surface area contributed by atoms with Gasteiger partial charge in [-0.05, 0) is 0 Å². The van der Waals surface area contributed by atoms with Gasteiger partial charge in [-0.3, -0.25) is 9.11 Å². The molecule has 1 heterocycles. The molecule has 0 unspecified atom stereocenters. The van der Waals surface area contributed by atoms with Gasteiger partial charge in [0, 0.05) is 14.2 Å². The van der Waals surface area contributed by atoms with Crippen LogP contribution in [-0.2, 0) is 10.4 Å². The predicted molar refractivity (Wildman–Crippen MR) is 17.4 cm³/mol. The van der Waals surface area contributed by atoms with Crippen LogP contribution in [-0.4, -0.2) is 17.5 Å². The van der Waals surface area contributed by atoms with Crippen LogP contribution < -0.4 is 0 Å². The van der Waals surface area contributed by atoms with Gasteiger partial charge in [0.1, 0.15) is 0 Å². The lowest BCUT2D eigenvalue weighted by atomic mass is 15.2. The summed E-state index contributed by atoms with van der Waals surface area (Å²) in [5.74, 6) is 0. The molecule has 2 N–H and O–H groups in total. The van der Waals surface area contributed by atoms with E-state index in [1.54, 1.807) is 0 Å². The van der Waals surface area contributed by atoms with E-state index >= 15 is 0 Å². The highest BCUT2D eigenvalue weighted by molar-refractivity contribution is 7.79. The summed E-state index contributed by atoms with van der Waals surface area (Å²) >= 11 is 0. The summed E-state index contributed by atoms with van der Waals surface area (Å²) in [6, 6.07) is 0. The second-order valence-corrected chi connectivity index (χ2v) is 1.55. The summed E-state index contributed by atoms with van der Waals surface area (Å²) in [6.07, 6.45) is 0. The van der Waals surface area contributed by atoms with Crippen LogP contribution in [0.5, 0.6) is 0 Å². The van der Waals surface area contributed by atoms with Crippen LogP contribution >= 0.6 is 0 Å². The van der Waals surface area contributed by atoms with Gasteiger partial charge in [0.05, 0.1) is 0 Å². The smallest absolute Gasteiger partial charge is 0.264 e. The number of rotatable bonds is 0. The minimum atomic E-state index is -4.67. The molecule has 1 rings (SSSR count).